The van der Waals surface area contributed by atoms with Gasteiger partial charge in [0.2, 0.25) is 11.6 Å². The van der Waals surface area contributed by atoms with Crippen LogP contribution in [0.25, 0.3) is 0 Å². The lowest BCUT2D eigenvalue weighted by Gasteiger charge is -2.55. The molecular weight excluding hydrogens is 425 g/mol. The molecule has 4 N–H and O–H groups in total. The van der Waals surface area contributed by atoms with Gasteiger partial charge in [-0.2, -0.15) is 0 Å². The first-order chi connectivity index (χ1) is 15.4. The normalized spacial score (nSPS) is 15.2. The lowest BCUT2D eigenvalue weighted by atomic mass is 9.61. The van der Waals surface area contributed by atoms with Crippen LogP contribution in [0.1, 0.15) is 30.0 Å². The van der Waals surface area contributed by atoms with E-state index in [0.717, 1.165) is 0 Å². The number of methoxy groups -OCH3 is 2. The second-order valence-corrected chi connectivity index (χ2v) is 8.19. The molecule has 6 nitrogen and oxygen atoms in total. The van der Waals surface area contributed by atoms with Crippen LogP contribution in [0.5, 0.6) is 0 Å². The van der Waals surface area contributed by atoms with Gasteiger partial charge in [-0.15, -0.1) is 0 Å². The molecule has 7 heteroatoms. The third-order valence-corrected chi connectivity index (χ3v) is 6.45. The van der Waals surface area contributed by atoms with Crippen LogP contribution in [-0.2, 0) is 19.4 Å². The van der Waals surface area contributed by atoms with E-state index in [4.69, 9.17) is 19.5 Å². The number of benzene rings is 3. The zero-order valence-electron chi connectivity index (χ0n) is 18.5. The summed E-state index contributed by atoms with van der Waals surface area (Å²) in [5, 5.41) is 12.7. The molecule has 170 valence electrons. The largest absolute Gasteiger partial charge is 0.360 e. The molecule has 0 fully saturated rings. The number of rotatable bonds is 10. The van der Waals surface area contributed by atoms with Crippen LogP contribution in [0, 0.1) is 0 Å². The van der Waals surface area contributed by atoms with Gasteiger partial charge in [0.25, 0.3) is 8.53 Å². The summed E-state index contributed by atoms with van der Waals surface area (Å²) < 4.78 is 17.5. The number of ether oxygens (including phenoxy) is 2. The van der Waals surface area contributed by atoms with Crippen molar-refractivity contribution in [2.75, 3.05) is 14.2 Å². The molecule has 0 aliphatic rings. The van der Waals surface area contributed by atoms with E-state index in [2.05, 4.69) is 0 Å². The fourth-order valence-corrected chi connectivity index (χ4v) is 5.15. The molecule has 0 amide bonds. The van der Waals surface area contributed by atoms with Crippen LogP contribution in [0.4, 0.5) is 0 Å². The highest BCUT2D eigenvalue weighted by Crippen LogP contribution is 2.56. The average molecular weight is 455 g/mol. The maximum Gasteiger partial charge on any atom is 0.253 e. The molecule has 0 spiro atoms. The minimum atomic E-state index is -2.52. The topological polar surface area (TPSA) is 94.2 Å². The molecule has 0 heterocycles. The molecular formula is C25H30NO5P. The third-order valence-electron chi connectivity index (χ3n) is 6.00. The Labute approximate surface area is 190 Å². The summed E-state index contributed by atoms with van der Waals surface area (Å²) >= 11 is 0. The Hall–Kier alpha value is -2.15. The van der Waals surface area contributed by atoms with Gasteiger partial charge in [0.15, 0.2) is 0 Å². The molecule has 0 aromatic heterocycles. The van der Waals surface area contributed by atoms with Crippen LogP contribution in [0.2, 0.25) is 0 Å². The maximum atomic E-state index is 12.7. The van der Waals surface area contributed by atoms with Crippen LogP contribution < -0.4 is 5.50 Å². The third kappa shape index (κ3) is 3.89. The lowest BCUT2D eigenvalue weighted by molar-refractivity contribution is -0.378. The van der Waals surface area contributed by atoms with Crippen LogP contribution in [-0.4, -0.2) is 35.8 Å². The summed E-state index contributed by atoms with van der Waals surface area (Å²) in [4.78, 5) is 10.3. The number of hydrogen-bond donors (Lipinski definition) is 3. The van der Waals surface area contributed by atoms with Gasteiger partial charge in [0.05, 0.1) is 0 Å². The van der Waals surface area contributed by atoms with Gasteiger partial charge in [-0.05, 0) is 16.7 Å². The summed E-state index contributed by atoms with van der Waals surface area (Å²) in [5.41, 5.74) is 6.55. The fraction of sp³-hybridized carbons (Fsp3) is 0.280. The molecule has 3 rings (SSSR count). The predicted octanol–water partition coefficient (Wildman–Crippen LogP) is 4.30. The molecule has 3 aromatic carbocycles. The van der Waals surface area contributed by atoms with Crippen molar-refractivity contribution in [3.8, 4) is 0 Å². The van der Waals surface area contributed by atoms with Crippen LogP contribution >= 0.6 is 8.53 Å². The molecule has 32 heavy (non-hydrogen) atoms. The minimum Gasteiger partial charge on any atom is -0.360 e. The lowest BCUT2D eigenvalue weighted by Crippen LogP contribution is -2.69. The highest BCUT2D eigenvalue weighted by atomic mass is 31.2. The molecule has 0 saturated heterocycles. The van der Waals surface area contributed by atoms with Crippen molar-refractivity contribution < 1.29 is 24.0 Å². The van der Waals surface area contributed by atoms with Gasteiger partial charge in [-0.3, -0.25) is 10.0 Å². The van der Waals surface area contributed by atoms with Gasteiger partial charge in [-0.25, -0.2) is 0 Å². The first-order valence-corrected chi connectivity index (χ1v) is 11.6. The van der Waals surface area contributed by atoms with Crippen molar-refractivity contribution in [1.82, 2.24) is 0 Å². The molecule has 3 aromatic rings. The Morgan fingerprint density at radius 3 is 1.34 bits per heavy atom. The Morgan fingerprint density at radius 1 is 0.750 bits per heavy atom. The Kier molecular flexibility index (Phi) is 7.80. The van der Waals surface area contributed by atoms with E-state index in [-0.39, 0.29) is 6.42 Å². The number of aliphatic hydroxyl groups is 1. The van der Waals surface area contributed by atoms with Gasteiger partial charge in [0, 0.05) is 20.6 Å². The van der Waals surface area contributed by atoms with Crippen molar-refractivity contribution in [2.24, 2.45) is 5.50 Å². The molecule has 0 aliphatic heterocycles. The van der Waals surface area contributed by atoms with E-state index >= 15 is 0 Å². The molecule has 0 bridgehead atoms. The predicted molar refractivity (Wildman–Crippen MR) is 126 cm³/mol. The van der Waals surface area contributed by atoms with Crippen molar-refractivity contribution in [3.05, 3.63) is 108 Å². The quantitative estimate of drug-likeness (QED) is 0.240. The Balaban J connectivity index is 2.57. The van der Waals surface area contributed by atoms with Gasteiger partial charge in [0.1, 0.15) is 5.41 Å². The monoisotopic (exact) mass is 455 g/mol. The SMILES string of the molecule is CCC(OC)(OC)C(O)(OP(N)O)C(c1ccccc1)(c1ccccc1)c1ccccc1. The second kappa shape index (κ2) is 10.2. The van der Waals surface area contributed by atoms with Crippen LogP contribution in [0.15, 0.2) is 91.0 Å². The van der Waals surface area contributed by atoms with E-state index in [9.17, 15) is 10.00 Å². The van der Waals surface area contributed by atoms with E-state index in [1.54, 1.807) is 0 Å². The Bertz CT molecular complexity index is 862. The highest BCUT2D eigenvalue weighted by molar-refractivity contribution is 7.43. The van der Waals surface area contributed by atoms with Crippen molar-refractivity contribution in [3.63, 3.8) is 0 Å². The van der Waals surface area contributed by atoms with E-state index in [1.165, 1.54) is 14.2 Å². The summed E-state index contributed by atoms with van der Waals surface area (Å²) in [6.07, 6.45) is 0.202. The number of hydrogen-bond acceptors (Lipinski definition) is 6. The molecule has 0 radical (unpaired) electrons. The Morgan fingerprint density at radius 2 is 1.09 bits per heavy atom. The summed E-state index contributed by atoms with van der Waals surface area (Å²) in [6.45, 7) is 1.81. The van der Waals surface area contributed by atoms with Gasteiger partial charge >= 0.3 is 0 Å². The summed E-state index contributed by atoms with van der Waals surface area (Å²) in [5.74, 6) is -3.96. The molecule has 0 aliphatic carbocycles. The van der Waals surface area contributed by atoms with Crippen molar-refractivity contribution >= 4 is 8.53 Å². The van der Waals surface area contributed by atoms with Gasteiger partial charge < -0.3 is 19.5 Å². The maximum absolute atomic E-state index is 12.7. The summed E-state index contributed by atoms with van der Waals surface area (Å²) in [7, 11) is 0.352. The first kappa shape index (κ1) is 24.5. The van der Waals surface area contributed by atoms with Crippen molar-refractivity contribution in [2.45, 2.75) is 30.3 Å². The van der Waals surface area contributed by atoms with E-state index in [1.807, 2.05) is 97.9 Å². The summed E-state index contributed by atoms with van der Waals surface area (Å²) in [6, 6.07) is 28.4. The van der Waals surface area contributed by atoms with Crippen molar-refractivity contribution in [1.29, 1.82) is 0 Å². The highest BCUT2D eigenvalue weighted by Gasteiger charge is 2.68. The zero-order valence-corrected chi connectivity index (χ0v) is 19.4. The molecule has 2 atom stereocenters. The zero-order chi connectivity index (χ0) is 23.2. The van der Waals surface area contributed by atoms with E-state index < -0.39 is 25.5 Å². The van der Waals surface area contributed by atoms with Gasteiger partial charge in [-0.1, -0.05) is 97.9 Å². The molecule has 0 saturated carbocycles. The van der Waals surface area contributed by atoms with Crippen LogP contribution in [0.3, 0.4) is 0 Å². The first-order valence-electron chi connectivity index (χ1n) is 10.3. The molecule has 2 unspecified atom stereocenters. The number of nitrogens with two attached hydrogens (primary N) is 1. The second-order valence-electron chi connectivity index (χ2n) is 7.40. The van der Waals surface area contributed by atoms with E-state index in [0.29, 0.717) is 16.7 Å². The standard InChI is InChI=1S/C25H30NO5P/c1-4-23(29-2,30-3)25(27,31-32(26)28)24(20-14-8-5-9-15-20,21-16-10-6-11-17-21)22-18-12-7-13-19-22/h5-19,27-28H,4,26H2,1-3H3. The minimum absolute atomic E-state index is 0.202. The smallest absolute Gasteiger partial charge is 0.253 e. The average Bonchev–Trinajstić information content (AvgIpc) is 2.83. The fourth-order valence-electron chi connectivity index (χ4n) is 4.60.